The van der Waals surface area contributed by atoms with Crippen molar-refractivity contribution in [2.24, 2.45) is 23.7 Å². The number of hydrogen-bond donors (Lipinski definition) is 2. The molecule has 2 saturated carbocycles. The molecule has 6 heteroatoms. The Morgan fingerprint density at radius 1 is 1.30 bits per heavy atom. The van der Waals surface area contributed by atoms with Gasteiger partial charge in [0.2, 0.25) is 0 Å². The van der Waals surface area contributed by atoms with Gasteiger partial charge in [0.1, 0.15) is 18.8 Å². The Balaban J connectivity index is 2.04. The molecule has 6 nitrogen and oxygen atoms in total. The molecule has 30 heavy (non-hydrogen) atoms. The van der Waals surface area contributed by atoms with E-state index in [1.807, 2.05) is 19.9 Å². The molecule has 6 atom stereocenters. The number of allylic oxidation sites excluding steroid dienone is 1. The van der Waals surface area contributed by atoms with Crippen molar-refractivity contribution in [3.05, 3.63) is 11.6 Å². The van der Waals surface area contributed by atoms with E-state index in [1.165, 1.54) is 12.5 Å². The third-order valence-electron chi connectivity index (χ3n) is 5.72. The average Bonchev–Trinajstić information content (AvgIpc) is 3.20. The fraction of sp³-hybridized carbons (Fsp3) is 0.667. The smallest absolute Gasteiger partial charge is 0.329 e. The molecule has 2 N–H and O–H groups in total. The van der Waals surface area contributed by atoms with E-state index in [9.17, 15) is 14.7 Å². The Kier molecular flexibility index (Phi) is 9.43. The maximum Gasteiger partial charge on any atom is 0.329 e. The van der Waals surface area contributed by atoms with Crippen LogP contribution in [0, 0.1) is 47.4 Å². The maximum absolute atomic E-state index is 11.5. The third-order valence-corrected chi connectivity index (χ3v) is 5.72. The predicted octanol–water partition coefficient (Wildman–Crippen LogP) is 2.80. The highest BCUT2D eigenvalue weighted by molar-refractivity contribution is 5.68. The Morgan fingerprint density at radius 3 is 2.73 bits per heavy atom. The van der Waals surface area contributed by atoms with Crippen LogP contribution in [0.2, 0.25) is 0 Å². The minimum absolute atomic E-state index is 0.0497. The molecule has 6 unspecified atom stereocenters. The SMILES string of the molecule is CCC#CCC(C)C(O)C#CC1C(OC(C)=O)CC2CC(=CCOCC(=O)O)CC21. The van der Waals surface area contributed by atoms with Crippen LogP contribution in [0.25, 0.3) is 0 Å². The van der Waals surface area contributed by atoms with E-state index in [2.05, 4.69) is 23.7 Å². The summed E-state index contributed by atoms with van der Waals surface area (Å²) in [6, 6.07) is 0. The van der Waals surface area contributed by atoms with Crippen molar-refractivity contribution >= 4 is 11.9 Å². The Bertz CT molecular complexity index is 762. The summed E-state index contributed by atoms with van der Waals surface area (Å²) in [6.45, 7) is 5.30. The Labute approximate surface area is 179 Å². The van der Waals surface area contributed by atoms with Crippen molar-refractivity contribution < 1.29 is 29.3 Å². The van der Waals surface area contributed by atoms with Crippen molar-refractivity contribution in [2.45, 2.75) is 65.1 Å². The number of ether oxygens (including phenoxy) is 2. The molecule has 0 aromatic carbocycles. The first-order chi connectivity index (χ1) is 14.3. The van der Waals surface area contributed by atoms with Crippen LogP contribution in [0.3, 0.4) is 0 Å². The lowest BCUT2D eigenvalue weighted by Gasteiger charge is -2.19. The lowest BCUT2D eigenvalue weighted by molar-refractivity contribution is -0.147. The molecule has 0 radical (unpaired) electrons. The summed E-state index contributed by atoms with van der Waals surface area (Å²) in [7, 11) is 0. The first kappa shape index (κ1) is 24.0. The molecule has 2 aliphatic rings. The maximum atomic E-state index is 11.5. The molecule has 0 saturated heterocycles. The molecule has 164 valence electrons. The van der Waals surface area contributed by atoms with Crippen LogP contribution in [0.1, 0.15) is 52.9 Å². The van der Waals surface area contributed by atoms with Crippen LogP contribution < -0.4 is 0 Å². The highest BCUT2D eigenvalue weighted by atomic mass is 16.5. The number of rotatable bonds is 7. The predicted molar refractivity (Wildman–Crippen MR) is 112 cm³/mol. The molecule has 0 amide bonds. The largest absolute Gasteiger partial charge is 0.480 e. The van der Waals surface area contributed by atoms with Gasteiger partial charge in [0.15, 0.2) is 0 Å². The number of aliphatic carboxylic acids is 1. The van der Waals surface area contributed by atoms with Gasteiger partial charge in [-0.05, 0) is 31.1 Å². The number of carbonyl (C=O) groups excluding carboxylic acids is 1. The summed E-state index contributed by atoms with van der Waals surface area (Å²) >= 11 is 0. The molecule has 0 bridgehead atoms. The number of hydrogen-bond acceptors (Lipinski definition) is 5. The molecule has 0 aromatic heterocycles. The van der Waals surface area contributed by atoms with E-state index in [1.54, 1.807) is 0 Å². The monoisotopic (exact) mass is 416 g/mol. The van der Waals surface area contributed by atoms with Crippen LogP contribution in [0.15, 0.2) is 11.6 Å². The lowest BCUT2D eigenvalue weighted by Crippen LogP contribution is -2.24. The van der Waals surface area contributed by atoms with Gasteiger partial charge >= 0.3 is 11.9 Å². The molecule has 2 aliphatic carbocycles. The highest BCUT2D eigenvalue weighted by Crippen LogP contribution is 2.50. The molecular formula is C24H32O6. The van der Waals surface area contributed by atoms with E-state index in [0.717, 1.165) is 25.7 Å². The van der Waals surface area contributed by atoms with Gasteiger partial charge in [-0.2, -0.15) is 0 Å². The number of fused-ring (bicyclic) bond motifs is 1. The topological polar surface area (TPSA) is 93.1 Å². The second-order valence-corrected chi connectivity index (χ2v) is 8.13. The Morgan fingerprint density at radius 2 is 2.07 bits per heavy atom. The van der Waals surface area contributed by atoms with E-state index >= 15 is 0 Å². The van der Waals surface area contributed by atoms with Crippen LogP contribution in [-0.4, -0.2) is 47.6 Å². The first-order valence-electron chi connectivity index (χ1n) is 10.6. The van der Waals surface area contributed by atoms with Gasteiger partial charge in [0.25, 0.3) is 0 Å². The third kappa shape index (κ3) is 7.20. The molecule has 0 aromatic rings. The fourth-order valence-corrected chi connectivity index (χ4v) is 4.26. The van der Waals surface area contributed by atoms with Crippen LogP contribution in [-0.2, 0) is 19.1 Å². The molecule has 0 spiro atoms. The normalized spacial score (nSPS) is 27.9. The van der Waals surface area contributed by atoms with Gasteiger partial charge in [0, 0.05) is 25.7 Å². The van der Waals surface area contributed by atoms with Crippen molar-refractivity contribution in [2.75, 3.05) is 13.2 Å². The second kappa shape index (κ2) is 11.8. The van der Waals surface area contributed by atoms with E-state index < -0.39 is 12.1 Å². The Hall–Kier alpha value is -2.28. The summed E-state index contributed by atoms with van der Waals surface area (Å²) in [5, 5.41) is 19.0. The molecule has 2 rings (SSSR count). The summed E-state index contributed by atoms with van der Waals surface area (Å²) in [4.78, 5) is 22.1. The van der Waals surface area contributed by atoms with Gasteiger partial charge in [-0.3, -0.25) is 4.79 Å². The van der Waals surface area contributed by atoms with Gasteiger partial charge < -0.3 is 19.7 Å². The van der Waals surface area contributed by atoms with Crippen LogP contribution in [0.4, 0.5) is 0 Å². The van der Waals surface area contributed by atoms with E-state index in [4.69, 9.17) is 14.6 Å². The highest BCUT2D eigenvalue weighted by Gasteiger charge is 2.47. The molecule has 0 aliphatic heterocycles. The number of aliphatic hydroxyl groups excluding tert-OH is 1. The zero-order valence-corrected chi connectivity index (χ0v) is 18.0. The summed E-state index contributed by atoms with van der Waals surface area (Å²) in [6.07, 6.45) is 4.78. The van der Waals surface area contributed by atoms with Gasteiger partial charge in [0.05, 0.1) is 12.5 Å². The first-order valence-corrected chi connectivity index (χ1v) is 10.6. The summed E-state index contributed by atoms with van der Waals surface area (Å²) in [5.41, 5.74) is 1.23. The fourth-order valence-electron chi connectivity index (χ4n) is 4.26. The minimum atomic E-state index is -0.982. The molecule has 0 heterocycles. The number of esters is 1. The quantitative estimate of drug-likeness (QED) is 0.287. The van der Waals surface area contributed by atoms with Gasteiger partial charge in [-0.15, -0.1) is 11.8 Å². The van der Waals surface area contributed by atoms with Crippen LogP contribution >= 0.6 is 0 Å². The van der Waals surface area contributed by atoms with Gasteiger partial charge in [-0.25, -0.2) is 4.79 Å². The van der Waals surface area contributed by atoms with Gasteiger partial charge in [-0.1, -0.05) is 37.3 Å². The number of aliphatic hydroxyl groups is 1. The zero-order chi connectivity index (χ0) is 22.1. The molecule has 2 fully saturated rings. The summed E-state index contributed by atoms with van der Waals surface area (Å²) < 4.78 is 10.6. The van der Waals surface area contributed by atoms with E-state index in [0.29, 0.717) is 12.3 Å². The number of carboxylic acid groups (broad SMARTS) is 1. The van der Waals surface area contributed by atoms with Crippen LogP contribution in [0.5, 0.6) is 0 Å². The zero-order valence-electron chi connectivity index (χ0n) is 18.0. The van der Waals surface area contributed by atoms with Crippen molar-refractivity contribution in [3.8, 4) is 23.7 Å². The molecular weight excluding hydrogens is 384 g/mol. The lowest BCUT2D eigenvalue weighted by atomic mass is 9.90. The standard InChI is InChI=1S/C24H32O6/c1-4-5-6-7-16(2)22(26)9-8-20-21-13-18(10-11-29-15-24(27)28)12-19(21)14-23(20)30-17(3)25/h10,16,19-23,26H,4,7,11-15H2,1-3H3,(H,27,28). The second-order valence-electron chi connectivity index (χ2n) is 8.13. The van der Waals surface area contributed by atoms with E-state index in [-0.39, 0.29) is 43.0 Å². The van der Waals surface area contributed by atoms with Crippen molar-refractivity contribution in [3.63, 3.8) is 0 Å². The number of carboxylic acids is 1. The van der Waals surface area contributed by atoms with Crippen molar-refractivity contribution in [1.82, 2.24) is 0 Å². The number of carbonyl (C=O) groups is 2. The summed E-state index contributed by atoms with van der Waals surface area (Å²) in [5.74, 6) is 11.4. The average molecular weight is 417 g/mol. The van der Waals surface area contributed by atoms with Crippen molar-refractivity contribution in [1.29, 1.82) is 0 Å². The minimum Gasteiger partial charge on any atom is -0.480 e.